The van der Waals surface area contributed by atoms with Crippen molar-refractivity contribution in [2.75, 3.05) is 0 Å². The Morgan fingerprint density at radius 2 is 2.07 bits per heavy atom. The molecule has 2 rings (SSSR count). The van der Waals surface area contributed by atoms with Crippen LogP contribution in [-0.2, 0) is 6.54 Å². The Morgan fingerprint density at radius 3 is 2.71 bits per heavy atom. The molecule has 1 heterocycles. The Bertz CT molecular complexity index is 448. The maximum atomic E-state index is 12.6. The van der Waals surface area contributed by atoms with Crippen LogP contribution in [0.15, 0.2) is 30.5 Å². The molecular weight excluding hydrogens is 186 g/mol. The molecule has 2 N–H and O–H groups in total. The van der Waals surface area contributed by atoms with Crippen molar-refractivity contribution >= 4 is 10.9 Å². The van der Waals surface area contributed by atoms with Gasteiger partial charge >= 0.3 is 6.55 Å². The molecule has 1 aromatic heterocycles. The van der Waals surface area contributed by atoms with Crippen LogP contribution in [0.2, 0.25) is 0 Å². The number of hydrogen-bond acceptors (Lipinski definition) is 1. The van der Waals surface area contributed by atoms with Gasteiger partial charge in [-0.1, -0.05) is 18.2 Å². The van der Waals surface area contributed by atoms with Gasteiger partial charge in [-0.25, -0.2) is 0 Å². The molecule has 0 aliphatic carbocycles. The molecule has 4 heteroatoms. The second kappa shape index (κ2) is 3.38. The van der Waals surface area contributed by atoms with Gasteiger partial charge in [0.05, 0.1) is 5.52 Å². The van der Waals surface area contributed by atoms with Gasteiger partial charge in [-0.3, -0.25) is 4.57 Å². The first-order valence-electron chi connectivity index (χ1n) is 4.30. The first kappa shape index (κ1) is 9.15. The van der Waals surface area contributed by atoms with Gasteiger partial charge in [0.2, 0.25) is 0 Å². The highest BCUT2D eigenvalue weighted by Gasteiger charge is 2.11. The van der Waals surface area contributed by atoms with E-state index in [-0.39, 0.29) is 6.54 Å². The average Bonchev–Trinajstić information content (AvgIpc) is 2.60. The molecule has 2 nitrogen and oxygen atoms in total. The first-order chi connectivity index (χ1) is 6.74. The molecule has 0 unspecified atom stereocenters. The van der Waals surface area contributed by atoms with E-state index in [1.54, 1.807) is 18.2 Å². The fraction of sp³-hybridized carbons (Fsp3) is 0.200. The van der Waals surface area contributed by atoms with Gasteiger partial charge in [0.25, 0.3) is 0 Å². The number of rotatable bonds is 2. The molecule has 2 aromatic rings. The number of aromatic nitrogens is 1. The van der Waals surface area contributed by atoms with Crippen molar-refractivity contribution in [3.8, 4) is 0 Å². The quantitative estimate of drug-likeness (QED) is 0.786. The van der Waals surface area contributed by atoms with E-state index in [1.165, 1.54) is 6.20 Å². The zero-order chi connectivity index (χ0) is 10.1. The highest BCUT2D eigenvalue weighted by atomic mass is 19.3. The summed E-state index contributed by atoms with van der Waals surface area (Å²) in [5.74, 6) is 0. The molecule has 0 fully saturated rings. The molecule has 0 aliphatic rings. The summed E-state index contributed by atoms with van der Waals surface area (Å²) in [6.07, 6.45) is 1.38. The summed E-state index contributed by atoms with van der Waals surface area (Å²) in [7, 11) is 0. The van der Waals surface area contributed by atoms with Gasteiger partial charge in [0.15, 0.2) is 0 Å². The van der Waals surface area contributed by atoms with Gasteiger partial charge < -0.3 is 5.73 Å². The Morgan fingerprint density at radius 1 is 1.29 bits per heavy atom. The largest absolute Gasteiger partial charge is 0.326 e. The standard InChI is InChI=1S/C10H10F2N2/c11-10(12)14-5-4-7-2-1-3-8(6-13)9(7)14/h1-5,10H,6,13H2. The van der Waals surface area contributed by atoms with E-state index >= 15 is 0 Å². The fourth-order valence-corrected chi connectivity index (χ4v) is 1.62. The Kier molecular flexibility index (Phi) is 2.21. The predicted octanol–water partition coefficient (Wildman–Crippen LogP) is 2.50. The van der Waals surface area contributed by atoms with Gasteiger partial charge in [-0.05, 0) is 11.6 Å². The highest BCUT2D eigenvalue weighted by Crippen LogP contribution is 2.24. The highest BCUT2D eigenvalue weighted by molar-refractivity contribution is 5.83. The third kappa shape index (κ3) is 1.28. The summed E-state index contributed by atoms with van der Waals surface area (Å²) in [4.78, 5) is 0. The summed E-state index contributed by atoms with van der Waals surface area (Å²) >= 11 is 0. The lowest BCUT2D eigenvalue weighted by atomic mass is 10.1. The monoisotopic (exact) mass is 196 g/mol. The number of fused-ring (bicyclic) bond motifs is 1. The van der Waals surface area contributed by atoms with E-state index in [0.29, 0.717) is 5.52 Å². The fourth-order valence-electron chi connectivity index (χ4n) is 1.62. The van der Waals surface area contributed by atoms with Gasteiger partial charge in [-0.2, -0.15) is 8.78 Å². The summed E-state index contributed by atoms with van der Waals surface area (Å²) in [5.41, 5.74) is 6.76. The topological polar surface area (TPSA) is 30.9 Å². The van der Waals surface area contributed by atoms with Crippen molar-refractivity contribution in [3.63, 3.8) is 0 Å². The maximum Gasteiger partial charge on any atom is 0.319 e. The van der Waals surface area contributed by atoms with E-state index in [9.17, 15) is 8.78 Å². The van der Waals surface area contributed by atoms with Crippen LogP contribution in [0.4, 0.5) is 8.78 Å². The third-order valence-electron chi connectivity index (χ3n) is 2.25. The molecule has 0 bridgehead atoms. The average molecular weight is 196 g/mol. The zero-order valence-corrected chi connectivity index (χ0v) is 7.45. The minimum Gasteiger partial charge on any atom is -0.326 e. The molecule has 74 valence electrons. The van der Waals surface area contributed by atoms with E-state index in [1.807, 2.05) is 6.07 Å². The lowest BCUT2D eigenvalue weighted by Gasteiger charge is -2.06. The molecule has 0 spiro atoms. The van der Waals surface area contributed by atoms with Gasteiger partial charge in [0.1, 0.15) is 0 Å². The van der Waals surface area contributed by atoms with E-state index in [0.717, 1.165) is 15.5 Å². The predicted molar refractivity (Wildman–Crippen MR) is 51.1 cm³/mol. The van der Waals surface area contributed by atoms with Crippen molar-refractivity contribution in [2.45, 2.75) is 13.1 Å². The van der Waals surface area contributed by atoms with Crippen LogP contribution in [-0.4, -0.2) is 4.57 Å². The van der Waals surface area contributed by atoms with Crippen molar-refractivity contribution < 1.29 is 8.78 Å². The van der Waals surface area contributed by atoms with E-state index in [4.69, 9.17) is 5.73 Å². The Labute approximate surface area is 79.9 Å². The number of nitrogens with two attached hydrogens (primary N) is 1. The smallest absolute Gasteiger partial charge is 0.319 e. The first-order valence-corrected chi connectivity index (χ1v) is 4.30. The molecular formula is C10H10F2N2. The second-order valence-corrected chi connectivity index (χ2v) is 3.06. The number of hydrogen-bond donors (Lipinski definition) is 1. The van der Waals surface area contributed by atoms with Crippen LogP contribution in [0.25, 0.3) is 10.9 Å². The number of nitrogens with zero attached hydrogens (tertiary/aromatic N) is 1. The number of alkyl halides is 2. The number of benzene rings is 1. The SMILES string of the molecule is NCc1cccc2ccn(C(F)F)c12. The van der Waals surface area contributed by atoms with Crippen LogP contribution < -0.4 is 5.73 Å². The third-order valence-corrected chi connectivity index (χ3v) is 2.25. The van der Waals surface area contributed by atoms with Gasteiger partial charge in [0, 0.05) is 18.1 Å². The van der Waals surface area contributed by atoms with Crippen molar-refractivity contribution in [1.82, 2.24) is 4.57 Å². The zero-order valence-electron chi connectivity index (χ0n) is 7.45. The van der Waals surface area contributed by atoms with Crippen LogP contribution in [0.5, 0.6) is 0 Å². The Balaban J connectivity index is 2.74. The number of para-hydroxylation sites is 1. The maximum absolute atomic E-state index is 12.6. The molecule has 14 heavy (non-hydrogen) atoms. The second-order valence-electron chi connectivity index (χ2n) is 3.06. The molecule has 0 saturated carbocycles. The molecule has 0 amide bonds. The lowest BCUT2D eigenvalue weighted by Crippen LogP contribution is -2.02. The molecule has 0 aliphatic heterocycles. The van der Waals surface area contributed by atoms with Crippen LogP contribution in [0, 0.1) is 0 Å². The summed E-state index contributed by atoms with van der Waals surface area (Å²) in [6, 6.07) is 7.05. The van der Waals surface area contributed by atoms with Crippen molar-refractivity contribution in [1.29, 1.82) is 0 Å². The summed E-state index contributed by atoms with van der Waals surface area (Å²) in [5, 5.41) is 0.799. The molecule has 1 aromatic carbocycles. The minimum absolute atomic E-state index is 0.272. The van der Waals surface area contributed by atoms with E-state index in [2.05, 4.69) is 0 Å². The molecule has 0 radical (unpaired) electrons. The Hall–Kier alpha value is -1.42. The number of halogens is 2. The van der Waals surface area contributed by atoms with Crippen molar-refractivity contribution in [3.05, 3.63) is 36.0 Å². The van der Waals surface area contributed by atoms with Crippen molar-refractivity contribution in [2.24, 2.45) is 5.73 Å². The molecule has 0 atom stereocenters. The van der Waals surface area contributed by atoms with Crippen LogP contribution >= 0.6 is 0 Å². The van der Waals surface area contributed by atoms with E-state index < -0.39 is 6.55 Å². The van der Waals surface area contributed by atoms with Crippen LogP contribution in [0.1, 0.15) is 12.1 Å². The van der Waals surface area contributed by atoms with Gasteiger partial charge in [-0.15, -0.1) is 0 Å². The van der Waals surface area contributed by atoms with Crippen LogP contribution in [0.3, 0.4) is 0 Å². The minimum atomic E-state index is -2.51. The molecule has 0 saturated heterocycles. The summed E-state index contributed by atoms with van der Waals surface area (Å²) in [6.45, 7) is -2.24. The lowest BCUT2D eigenvalue weighted by molar-refractivity contribution is 0.0751. The summed E-state index contributed by atoms with van der Waals surface area (Å²) < 4.78 is 26.1. The normalized spacial score (nSPS) is 11.4.